The third-order valence-corrected chi connectivity index (χ3v) is 6.21. The van der Waals surface area contributed by atoms with Gasteiger partial charge in [-0.1, -0.05) is 35.3 Å². The van der Waals surface area contributed by atoms with Gasteiger partial charge in [0.25, 0.3) is 0 Å². The maximum Gasteiger partial charge on any atom is 0.247 e. The largest absolute Gasteiger partial charge is 0.389 e. The number of anilines is 2. The second-order valence-corrected chi connectivity index (χ2v) is 8.65. The average Bonchev–Trinajstić information content (AvgIpc) is 3.55. The van der Waals surface area contributed by atoms with Crippen LogP contribution in [0.1, 0.15) is 12.8 Å². The van der Waals surface area contributed by atoms with Gasteiger partial charge in [0.15, 0.2) is 5.82 Å². The number of aromatic nitrogens is 3. The van der Waals surface area contributed by atoms with E-state index in [9.17, 15) is 5.11 Å². The highest BCUT2D eigenvalue weighted by Gasteiger charge is 2.24. The first kappa shape index (κ1) is 21.5. The van der Waals surface area contributed by atoms with Crippen LogP contribution in [-0.2, 0) is 4.74 Å². The van der Waals surface area contributed by atoms with Gasteiger partial charge in [-0.2, -0.15) is 4.98 Å². The van der Waals surface area contributed by atoms with Crippen molar-refractivity contribution in [1.82, 2.24) is 20.1 Å². The summed E-state index contributed by atoms with van der Waals surface area (Å²) in [6, 6.07) is 5.27. The predicted molar refractivity (Wildman–Crippen MR) is 118 cm³/mol. The van der Waals surface area contributed by atoms with E-state index >= 15 is 0 Å². The summed E-state index contributed by atoms with van der Waals surface area (Å²) in [4.78, 5) is 8.69. The minimum Gasteiger partial charge on any atom is -0.389 e. The summed E-state index contributed by atoms with van der Waals surface area (Å²) in [5.74, 6) is 1.46. The van der Waals surface area contributed by atoms with Crippen LogP contribution in [0.25, 0.3) is 11.3 Å². The molecule has 1 saturated carbocycles. The molecule has 1 aliphatic heterocycles. The summed E-state index contributed by atoms with van der Waals surface area (Å²) >= 11 is 12.4. The molecule has 1 aliphatic carbocycles. The molecular formula is C20H26Cl2N6O2. The van der Waals surface area contributed by atoms with Gasteiger partial charge in [0.05, 0.1) is 22.8 Å². The van der Waals surface area contributed by atoms with E-state index in [1.807, 2.05) is 4.90 Å². The summed E-state index contributed by atoms with van der Waals surface area (Å²) in [5, 5.41) is 19.5. The number of hydrogen-bond acceptors (Lipinski definition) is 8. The number of aliphatic hydroxyl groups is 1. The SMILES string of the molecule is Nc1nc(N2CCN(C[C@H](O)COCC3CC3)CC2)nnc1-c1cccc(Cl)c1Cl. The van der Waals surface area contributed by atoms with E-state index in [1.54, 1.807) is 18.2 Å². The van der Waals surface area contributed by atoms with Crippen LogP contribution in [-0.4, -0.2) is 77.2 Å². The Morgan fingerprint density at radius 1 is 1.17 bits per heavy atom. The Bertz CT molecular complexity index is 874. The molecule has 0 spiro atoms. The van der Waals surface area contributed by atoms with Gasteiger partial charge >= 0.3 is 0 Å². The third kappa shape index (κ3) is 5.31. The van der Waals surface area contributed by atoms with Gasteiger partial charge in [-0.25, -0.2) is 0 Å². The standard InChI is InChI=1S/C20H26Cl2N6O2/c21-16-3-1-2-15(17(16)22)18-19(23)24-20(26-25-18)28-8-6-27(7-9-28)10-14(29)12-30-11-13-4-5-13/h1-3,13-14,29H,4-12H2,(H2,23,24,26)/t14-/m0/s1. The minimum atomic E-state index is -0.467. The zero-order valence-electron chi connectivity index (χ0n) is 16.7. The van der Waals surface area contributed by atoms with Gasteiger partial charge in [0.2, 0.25) is 5.95 Å². The van der Waals surface area contributed by atoms with Crippen LogP contribution in [0, 0.1) is 5.92 Å². The van der Waals surface area contributed by atoms with E-state index in [0.717, 1.165) is 32.8 Å². The van der Waals surface area contributed by atoms with Crippen LogP contribution in [0.3, 0.4) is 0 Å². The molecule has 3 N–H and O–H groups in total. The Balaban J connectivity index is 1.31. The van der Waals surface area contributed by atoms with E-state index in [0.29, 0.717) is 46.3 Å². The quantitative estimate of drug-likeness (QED) is 0.629. The number of piperazine rings is 1. The Labute approximate surface area is 185 Å². The molecule has 2 aliphatic rings. The minimum absolute atomic E-state index is 0.259. The number of nitrogens with zero attached hydrogens (tertiary/aromatic N) is 5. The number of halogens is 2. The fourth-order valence-electron chi connectivity index (χ4n) is 3.48. The molecule has 0 unspecified atom stereocenters. The van der Waals surface area contributed by atoms with Gasteiger partial charge in [-0.15, -0.1) is 10.2 Å². The first-order valence-corrected chi connectivity index (χ1v) is 10.9. The molecule has 10 heteroatoms. The molecule has 4 rings (SSSR count). The molecule has 2 aromatic rings. The van der Waals surface area contributed by atoms with E-state index < -0.39 is 6.10 Å². The molecule has 30 heavy (non-hydrogen) atoms. The lowest BCUT2D eigenvalue weighted by Gasteiger charge is -2.35. The smallest absolute Gasteiger partial charge is 0.247 e. The topological polar surface area (TPSA) is 101 Å². The normalized spacial score (nSPS) is 18.6. The lowest BCUT2D eigenvalue weighted by atomic mass is 10.1. The maximum atomic E-state index is 10.2. The van der Waals surface area contributed by atoms with Gasteiger partial charge in [-0.3, -0.25) is 4.90 Å². The molecule has 0 amide bonds. The van der Waals surface area contributed by atoms with E-state index in [-0.39, 0.29) is 5.82 Å². The van der Waals surface area contributed by atoms with Crippen molar-refractivity contribution >= 4 is 35.0 Å². The molecule has 162 valence electrons. The zero-order valence-corrected chi connectivity index (χ0v) is 18.2. The van der Waals surface area contributed by atoms with Crippen LogP contribution in [0.5, 0.6) is 0 Å². The highest BCUT2D eigenvalue weighted by atomic mass is 35.5. The zero-order chi connectivity index (χ0) is 21.1. The molecule has 8 nitrogen and oxygen atoms in total. The molecule has 1 aromatic heterocycles. The predicted octanol–water partition coefficient (Wildman–Crippen LogP) is 2.34. The summed E-state index contributed by atoms with van der Waals surface area (Å²) < 4.78 is 5.58. The molecule has 1 aromatic carbocycles. The molecule has 2 fully saturated rings. The number of hydrogen-bond donors (Lipinski definition) is 2. The number of rotatable bonds is 8. The van der Waals surface area contributed by atoms with E-state index in [4.69, 9.17) is 33.7 Å². The number of β-amino-alcohol motifs (C(OH)–C–C–N with tert-alkyl or cyclic N) is 1. The van der Waals surface area contributed by atoms with Crippen molar-refractivity contribution in [2.45, 2.75) is 18.9 Å². The molecule has 2 heterocycles. The summed E-state index contributed by atoms with van der Waals surface area (Å²) in [6.45, 7) is 4.82. The fraction of sp³-hybridized carbons (Fsp3) is 0.550. The Morgan fingerprint density at radius 2 is 1.93 bits per heavy atom. The van der Waals surface area contributed by atoms with Gasteiger partial charge < -0.3 is 20.5 Å². The van der Waals surface area contributed by atoms with Crippen LogP contribution in [0.4, 0.5) is 11.8 Å². The molecular weight excluding hydrogens is 427 g/mol. The second kappa shape index (κ2) is 9.62. The number of nitrogen functional groups attached to an aromatic ring is 1. The number of aliphatic hydroxyl groups excluding tert-OH is 1. The number of benzene rings is 1. The van der Waals surface area contributed by atoms with Crippen molar-refractivity contribution in [3.63, 3.8) is 0 Å². The fourth-order valence-corrected chi connectivity index (χ4v) is 3.87. The summed E-state index contributed by atoms with van der Waals surface area (Å²) in [7, 11) is 0. The van der Waals surface area contributed by atoms with Gasteiger partial charge in [0, 0.05) is 44.9 Å². The maximum absolute atomic E-state index is 10.2. The molecule has 0 radical (unpaired) electrons. The second-order valence-electron chi connectivity index (χ2n) is 7.87. The van der Waals surface area contributed by atoms with Crippen LogP contribution in [0.15, 0.2) is 18.2 Å². The monoisotopic (exact) mass is 452 g/mol. The van der Waals surface area contributed by atoms with Crippen molar-refractivity contribution in [3.8, 4) is 11.3 Å². The summed E-state index contributed by atoms with van der Waals surface area (Å²) in [6.07, 6.45) is 2.05. The Hall–Kier alpha value is -1.71. The van der Waals surface area contributed by atoms with Crippen molar-refractivity contribution in [2.75, 3.05) is 56.6 Å². The Kier molecular flexibility index (Phi) is 6.90. The highest BCUT2D eigenvalue weighted by Crippen LogP contribution is 2.34. The van der Waals surface area contributed by atoms with Crippen molar-refractivity contribution in [3.05, 3.63) is 28.2 Å². The first-order chi connectivity index (χ1) is 14.5. The van der Waals surface area contributed by atoms with Crippen molar-refractivity contribution < 1.29 is 9.84 Å². The first-order valence-electron chi connectivity index (χ1n) is 10.2. The van der Waals surface area contributed by atoms with E-state index in [1.165, 1.54) is 12.8 Å². The molecule has 1 saturated heterocycles. The summed E-state index contributed by atoms with van der Waals surface area (Å²) in [5.41, 5.74) is 7.17. The number of ether oxygens (including phenoxy) is 1. The van der Waals surface area contributed by atoms with Gasteiger partial charge in [-0.05, 0) is 24.8 Å². The van der Waals surface area contributed by atoms with E-state index in [2.05, 4.69) is 20.1 Å². The molecule has 0 bridgehead atoms. The van der Waals surface area contributed by atoms with Crippen LogP contribution in [0.2, 0.25) is 10.0 Å². The van der Waals surface area contributed by atoms with Crippen LogP contribution < -0.4 is 10.6 Å². The average molecular weight is 453 g/mol. The molecule has 1 atom stereocenters. The number of nitrogens with two attached hydrogens (primary N) is 1. The van der Waals surface area contributed by atoms with Gasteiger partial charge in [0.1, 0.15) is 5.69 Å². The highest BCUT2D eigenvalue weighted by molar-refractivity contribution is 6.43. The lowest BCUT2D eigenvalue weighted by Crippen LogP contribution is -2.49. The van der Waals surface area contributed by atoms with Crippen molar-refractivity contribution in [2.24, 2.45) is 5.92 Å². The lowest BCUT2D eigenvalue weighted by molar-refractivity contribution is 0.0123. The van der Waals surface area contributed by atoms with Crippen LogP contribution >= 0.6 is 23.2 Å². The van der Waals surface area contributed by atoms with Crippen molar-refractivity contribution in [1.29, 1.82) is 0 Å². The third-order valence-electron chi connectivity index (χ3n) is 5.39. The Morgan fingerprint density at radius 3 is 2.63 bits per heavy atom.